The molecule has 2 aromatic carbocycles. The zero-order valence-corrected chi connectivity index (χ0v) is 16.1. The lowest BCUT2D eigenvalue weighted by molar-refractivity contribution is -0.116. The van der Waals surface area contributed by atoms with Gasteiger partial charge >= 0.3 is 0 Å². The number of rotatable bonds is 6. The third kappa shape index (κ3) is 4.05. The highest BCUT2D eigenvalue weighted by Crippen LogP contribution is 2.26. The Morgan fingerprint density at radius 2 is 1.89 bits per heavy atom. The standard InChI is InChI=1S/C19H20F2N4OS/c1-24(2)19-13(20)8-12(9-14(19)21)22-18(26)10-25-16-7-5-4-6-15(16)23-17(25)11-27-3/h4-9H,10-11H2,1-3H3,(H,22,26). The van der Waals surface area contributed by atoms with Crippen LogP contribution in [0.1, 0.15) is 5.82 Å². The molecular formula is C19H20F2N4OS. The van der Waals surface area contributed by atoms with Gasteiger partial charge in [0.15, 0.2) is 11.6 Å². The molecule has 8 heteroatoms. The van der Waals surface area contributed by atoms with Gasteiger partial charge in [-0.3, -0.25) is 4.79 Å². The molecule has 0 spiro atoms. The molecule has 0 fully saturated rings. The van der Waals surface area contributed by atoms with Gasteiger partial charge in [0.1, 0.15) is 18.1 Å². The number of anilines is 2. The van der Waals surface area contributed by atoms with Crippen LogP contribution in [0.4, 0.5) is 20.2 Å². The highest BCUT2D eigenvalue weighted by molar-refractivity contribution is 7.97. The summed E-state index contributed by atoms with van der Waals surface area (Å²) in [5.41, 5.74) is 1.59. The van der Waals surface area contributed by atoms with Gasteiger partial charge in [-0.05, 0) is 30.5 Å². The van der Waals surface area contributed by atoms with Gasteiger partial charge in [-0.25, -0.2) is 13.8 Å². The van der Waals surface area contributed by atoms with E-state index in [9.17, 15) is 13.6 Å². The number of nitrogens with zero attached hydrogens (tertiary/aromatic N) is 3. The Bertz CT molecular complexity index is 964. The smallest absolute Gasteiger partial charge is 0.244 e. The molecule has 142 valence electrons. The van der Waals surface area contributed by atoms with Crippen LogP contribution in [-0.2, 0) is 17.1 Å². The lowest BCUT2D eigenvalue weighted by atomic mass is 10.2. The topological polar surface area (TPSA) is 50.2 Å². The van der Waals surface area contributed by atoms with Crippen LogP contribution in [-0.4, -0.2) is 35.8 Å². The SMILES string of the molecule is CSCc1nc2ccccc2n1CC(=O)Nc1cc(F)c(N(C)C)c(F)c1. The molecule has 1 amide bonds. The fourth-order valence-electron chi connectivity index (χ4n) is 2.95. The number of fused-ring (bicyclic) bond motifs is 1. The first kappa shape index (κ1) is 19.2. The van der Waals surface area contributed by atoms with Crippen LogP contribution in [0.5, 0.6) is 0 Å². The molecule has 3 rings (SSSR count). The number of hydrogen-bond acceptors (Lipinski definition) is 4. The van der Waals surface area contributed by atoms with Gasteiger partial charge in [0.2, 0.25) is 5.91 Å². The monoisotopic (exact) mass is 390 g/mol. The zero-order valence-electron chi connectivity index (χ0n) is 15.3. The van der Waals surface area contributed by atoms with E-state index in [1.807, 2.05) is 35.1 Å². The molecule has 0 atom stereocenters. The number of thioether (sulfide) groups is 1. The van der Waals surface area contributed by atoms with Crippen molar-refractivity contribution < 1.29 is 13.6 Å². The number of imidazole rings is 1. The second-order valence-corrected chi connectivity index (χ2v) is 7.13. The molecule has 1 heterocycles. The Balaban J connectivity index is 1.84. The van der Waals surface area contributed by atoms with Gasteiger partial charge < -0.3 is 14.8 Å². The molecule has 1 aromatic heterocycles. The van der Waals surface area contributed by atoms with E-state index in [-0.39, 0.29) is 23.8 Å². The van der Waals surface area contributed by atoms with E-state index in [2.05, 4.69) is 10.3 Å². The molecule has 0 aliphatic rings. The van der Waals surface area contributed by atoms with Crippen LogP contribution in [0, 0.1) is 11.6 Å². The van der Waals surface area contributed by atoms with E-state index in [0.717, 1.165) is 29.0 Å². The predicted molar refractivity (Wildman–Crippen MR) is 106 cm³/mol. The van der Waals surface area contributed by atoms with E-state index in [1.54, 1.807) is 25.9 Å². The summed E-state index contributed by atoms with van der Waals surface area (Å²) in [4.78, 5) is 18.4. The molecule has 0 bridgehead atoms. The number of benzene rings is 2. The lowest BCUT2D eigenvalue weighted by Crippen LogP contribution is -2.20. The molecule has 3 aromatic rings. The van der Waals surface area contributed by atoms with Gasteiger partial charge in [0.05, 0.1) is 16.8 Å². The summed E-state index contributed by atoms with van der Waals surface area (Å²) in [7, 11) is 3.11. The van der Waals surface area contributed by atoms with Crippen molar-refractivity contribution in [2.45, 2.75) is 12.3 Å². The number of amides is 1. The van der Waals surface area contributed by atoms with Crippen molar-refractivity contribution in [1.29, 1.82) is 0 Å². The van der Waals surface area contributed by atoms with E-state index >= 15 is 0 Å². The highest BCUT2D eigenvalue weighted by Gasteiger charge is 2.16. The molecule has 0 aliphatic heterocycles. The zero-order chi connectivity index (χ0) is 19.6. The summed E-state index contributed by atoms with van der Waals surface area (Å²) in [6, 6.07) is 9.78. The van der Waals surface area contributed by atoms with Crippen LogP contribution in [0.25, 0.3) is 11.0 Å². The van der Waals surface area contributed by atoms with E-state index in [0.29, 0.717) is 5.75 Å². The molecule has 0 saturated heterocycles. The van der Waals surface area contributed by atoms with Crippen molar-refractivity contribution in [3.63, 3.8) is 0 Å². The number of carbonyl (C=O) groups is 1. The number of nitrogens with one attached hydrogen (secondary N) is 1. The molecule has 27 heavy (non-hydrogen) atoms. The number of halogens is 2. The maximum Gasteiger partial charge on any atom is 0.244 e. The van der Waals surface area contributed by atoms with Crippen LogP contribution in [0.3, 0.4) is 0 Å². The quantitative estimate of drug-likeness (QED) is 0.694. The average Bonchev–Trinajstić information content (AvgIpc) is 2.91. The summed E-state index contributed by atoms with van der Waals surface area (Å²) in [6.07, 6.45) is 1.96. The second kappa shape index (κ2) is 7.96. The highest BCUT2D eigenvalue weighted by atomic mass is 32.2. The van der Waals surface area contributed by atoms with E-state index in [4.69, 9.17) is 0 Å². The molecule has 0 saturated carbocycles. The minimum atomic E-state index is -0.730. The molecule has 1 N–H and O–H groups in total. The van der Waals surface area contributed by atoms with E-state index < -0.39 is 11.6 Å². The maximum atomic E-state index is 14.1. The Hall–Kier alpha value is -2.61. The van der Waals surface area contributed by atoms with E-state index in [1.165, 1.54) is 4.90 Å². The summed E-state index contributed by atoms with van der Waals surface area (Å²) >= 11 is 1.60. The predicted octanol–water partition coefficient (Wildman–Crippen LogP) is 3.88. The Labute approximate surface area is 160 Å². The van der Waals surface area contributed by atoms with Crippen molar-refractivity contribution in [3.8, 4) is 0 Å². The average molecular weight is 390 g/mol. The Morgan fingerprint density at radius 3 is 2.52 bits per heavy atom. The van der Waals surface area contributed by atoms with Gasteiger partial charge in [-0.2, -0.15) is 11.8 Å². The normalized spacial score (nSPS) is 11.0. The summed E-state index contributed by atoms with van der Waals surface area (Å²) in [5.74, 6) is -0.406. The van der Waals surface area contributed by atoms with Gasteiger partial charge in [-0.1, -0.05) is 12.1 Å². The first-order valence-corrected chi connectivity index (χ1v) is 9.69. The molecule has 0 unspecified atom stereocenters. The maximum absolute atomic E-state index is 14.1. The first-order chi connectivity index (χ1) is 12.9. The van der Waals surface area contributed by atoms with Crippen molar-refractivity contribution in [1.82, 2.24) is 9.55 Å². The van der Waals surface area contributed by atoms with Crippen LogP contribution in [0.15, 0.2) is 36.4 Å². The number of hydrogen-bond donors (Lipinski definition) is 1. The van der Waals surface area contributed by atoms with Crippen molar-refractivity contribution >= 4 is 40.1 Å². The second-order valence-electron chi connectivity index (χ2n) is 6.27. The first-order valence-electron chi connectivity index (χ1n) is 8.30. The summed E-state index contributed by atoms with van der Waals surface area (Å²) < 4.78 is 30.0. The molecule has 5 nitrogen and oxygen atoms in total. The third-order valence-corrected chi connectivity index (χ3v) is 4.60. The van der Waals surface area contributed by atoms with Gasteiger partial charge in [0.25, 0.3) is 0 Å². The van der Waals surface area contributed by atoms with Crippen LogP contribution < -0.4 is 10.2 Å². The minimum Gasteiger partial charge on any atom is -0.373 e. The van der Waals surface area contributed by atoms with Gasteiger partial charge in [0, 0.05) is 19.8 Å². The Kier molecular flexibility index (Phi) is 5.65. The minimum absolute atomic E-state index is 0.00900. The van der Waals surface area contributed by atoms with Crippen molar-refractivity contribution in [3.05, 3.63) is 53.9 Å². The number of para-hydroxylation sites is 2. The van der Waals surface area contributed by atoms with Gasteiger partial charge in [-0.15, -0.1) is 0 Å². The Morgan fingerprint density at radius 1 is 1.22 bits per heavy atom. The van der Waals surface area contributed by atoms with Crippen molar-refractivity contribution in [2.24, 2.45) is 0 Å². The van der Waals surface area contributed by atoms with Crippen molar-refractivity contribution in [2.75, 3.05) is 30.6 Å². The lowest BCUT2D eigenvalue weighted by Gasteiger charge is -2.16. The number of aromatic nitrogens is 2. The van der Waals surface area contributed by atoms with Crippen LogP contribution in [0.2, 0.25) is 0 Å². The third-order valence-electron chi connectivity index (χ3n) is 4.06. The fourth-order valence-corrected chi connectivity index (χ4v) is 3.43. The molecule has 0 radical (unpaired) electrons. The molecule has 0 aliphatic carbocycles. The fraction of sp³-hybridized carbons (Fsp3) is 0.263. The van der Waals surface area contributed by atoms with Crippen LogP contribution >= 0.6 is 11.8 Å². The number of carbonyl (C=O) groups excluding carboxylic acids is 1. The summed E-state index contributed by atoms with van der Waals surface area (Å²) in [5, 5.41) is 2.57. The molecular weight excluding hydrogens is 370 g/mol. The largest absolute Gasteiger partial charge is 0.373 e. The summed E-state index contributed by atoms with van der Waals surface area (Å²) in [6.45, 7) is 0.00900.